The van der Waals surface area contributed by atoms with E-state index in [1.165, 1.54) is 0 Å². The molecule has 0 aromatic rings. The molecule has 4 heteroatoms. The number of hydrogen-bond donors (Lipinski definition) is 1. The van der Waals surface area contributed by atoms with Crippen molar-refractivity contribution in [3.63, 3.8) is 0 Å². The zero-order valence-corrected chi connectivity index (χ0v) is 10.6. The fraction of sp³-hybridized carbons (Fsp3) is 0.750. The number of amides is 1. The number of nitrogens with one attached hydrogen (secondary N) is 1. The van der Waals surface area contributed by atoms with Gasteiger partial charge in [0.2, 0.25) is 0 Å². The highest BCUT2D eigenvalue weighted by molar-refractivity contribution is 5.68. The van der Waals surface area contributed by atoms with Crippen LogP contribution in [0, 0.1) is 0 Å². The number of carbonyl (C=O) groups is 1. The summed E-state index contributed by atoms with van der Waals surface area (Å²) in [5, 5.41) is 3.35. The standard InChI is InChI=1S/C12H22N2O2/c1-6-10-8-14(7-9(2)13-10)11(15)16-12(3,4)5/h6,9-10,13H,1,7-8H2,2-5H3/t9-,10+/m0/s1. The first-order valence-electron chi connectivity index (χ1n) is 5.68. The molecule has 1 fully saturated rings. The fourth-order valence-corrected chi connectivity index (χ4v) is 1.73. The molecule has 0 bridgehead atoms. The van der Waals surface area contributed by atoms with Gasteiger partial charge in [0.25, 0.3) is 0 Å². The number of rotatable bonds is 1. The van der Waals surface area contributed by atoms with Crippen LogP contribution >= 0.6 is 0 Å². The lowest BCUT2D eigenvalue weighted by Gasteiger charge is -2.37. The Hall–Kier alpha value is -1.03. The zero-order valence-electron chi connectivity index (χ0n) is 10.6. The van der Waals surface area contributed by atoms with E-state index in [9.17, 15) is 4.79 Å². The molecule has 0 radical (unpaired) electrons. The molecule has 0 saturated carbocycles. The Bertz CT molecular complexity index is 271. The average molecular weight is 226 g/mol. The van der Waals surface area contributed by atoms with Crippen LogP contribution in [0.15, 0.2) is 12.7 Å². The van der Waals surface area contributed by atoms with Gasteiger partial charge in [0, 0.05) is 25.2 Å². The summed E-state index contributed by atoms with van der Waals surface area (Å²) in [7, 11) is 0. The van der Waals surface area contributed by atoms with Gasteiger partial charge < -0.3 is 15.0 Å². The van der Waals surface area contributed by atoms with Crippen molar-refractivity contribution in [2.45, 2.75) is 45.4 Å². The van der Waals surface area contributed by atoms with Crippen LogP contribution in [0.4, 0.5) is 4.79 Å². The molecule has 0 aromatic carbocycles. The third kappa shape index (κ3) is 3.85. The van der Waals surface area contributed by atoms with Crippen LogP contribution < -0.4 is 5.32 Å². The summed E-state index contributed by atoms with van der Waals surface area (Å²) in [6, 6.07) is 0.417. The lowest BCUT2D eigenvalue weighted by atomic mass is 10.1. The summed E-state index contributed by atoms with van der Waals surface area (Å²) in [6.45, 7) is 12.7. The molecular formula is C12H22N2O2. The van der Waals surface area contributed by atoms with Gasteiger partial charge in [-0.15, -0.1) is 6.58 Å². The molecule has 0 unspecified atom stereocenters. The van der Waals surface area contributed by atoms with Gasteiger partial charge in [0.15, 0.2) is 0 Å². The molecule has 1 aliphatic heterocycles. The Morgan fingerprint density at radius 3 is 2.62 bits per heavy atom. The summed E-state index contributed by atoms with van der Waals surface area (Å²) in [5.74, 6) is 0. The first-order chi connectivity index (χ1) is 7.31. The first kappa shape index (κ1) is 13.0. The Morgan fingerprint density at radius 1 is 1.50 bits per heavy atom. The normalized spacial score (nSPS) is 26.4. The van der Waals surface area contributed by atoms with Crippen LogP contribution in [0.2, 0.25) is 0 Å². The van der Waals surface area contributed by atoms with Gasteiger partial charge in [-0.25, -0.2) is 4.79 Å². The van der Waals surface area contributed by atoms with E-state index in [1.54, 1.807) is 4.90 Å². The topological polar surface area (TPSA) is 41.6 Å². The zero-order chi connectivity index (χ0) is 12.3. The summed E-state index contributed by atoms with van der Waals surface area (Å²) < 4.78 is 5.34. The van der Waals surface area contributed by atoms with Crippen molar-refractivity contribution in [2.75, 3.05) is 13.1 Å². The third-order valence-corrected chi connectivity index (χ3v) is 2.35. The van der Waals surface area contributed by atoms with Gasteiger partial charge in [-0.05, 0) is 27.7 Å². The van der Waals surface area contributed by atoms with E-state index in [0.717, 1.165) is 0 Å². The number of piperazine rings is 1. The maximum atomic E-state index is 11.9. The summed E-state index contributed by atoms with van der Waals surface area (Å²) in [5.41, 5.74) is -0.436. The predicted octanol–water partition coefficient (Wildman–Crippen LogP) is 1.77. The second-order valence-corrected chi connectivity index (χ2v) is 5.30. The van der Waals surface area contributed by atoms with Crippen molar-refractivity contribution < 1.29 is 9.53 Å². The van der Waals surface area contributed by atoms with Crippen molar-refractivity contribution in [3.05, 3.63) is 12.7 Å². The Kier molecular flexibility index (Phi) is 3.97. The SMILES string of the molecule is C=C[C@@H]1CN(C(=O)OC(C)(C)C)C[C@H](C)N1. The van der Waals surface area contributed by atoms with E-state index in [2.05, 4.69) is 11.9 Å². The highest BCUT2D eigenvalue weighted by atomic mass is 16.6. The molecule has 16 heavy (non-hydrogen) atoms. The van der Waals surface area contributed by atoms with Gasteiger partial charge in [0.1, 0.15) is 5.60 Å². The maximum absolute atomic E-state index is 11.9. The number of ether oxygens (including phenoxy) is 1. The molecule has 1 rings (SSSR count). The molecule has 1 N–H and O–H groups in total. The van der Waals surface area contributed by atoms with E-state index >= 15 is 0 Å². The molecule has 1 amide bonds. The molecular weight excluding hydrogens is 204 g/mol. The van der Waals surface area contributed by atoms with E-state index in [0.29, 0.717) is 13.1 Å². The number of carbonyl (C=O) groups excluding carboxylic acids is 1. The lowest BCUT2D eigenvalue weighted by Crippen LogP contribution is -2.56. The van der Waals surface area contributed by atoms with E-state index in [-0.39, 0.29) is 18.2 Å². The van der Waals surface area contributed by atoms with Crippen LogP contribution in [0.25, 0.3) is 0 Å². The molecule has 0 aromatic heterocycles. The largest absolute Gasteiger partial charge is 0.444 e. The molecule has 0 spiro atoms. The van der Waals surface area contributed by atoms with Crippen molar-refractivity contribution in [1.29, 1.82) is 0 Å². The molecule has 2 atom stereocenters. The van der Waals surface area contributed by atoms with Crippen LogP contribution in [-0.4, -0.2) is 41.8 Å². The highest BCUT2D eigenvalue weighted by Crippen LogP contribution is 2.13. The Morgan fingerprint density at radius 2 is 2.12 bits per heavy atom. The second-order valence-electron chi connectivity index (χ2n) is 5.30. The minimum Gasteiger partial charge on any atom is -0.444 e. The van der Waals surface area contributed by atoms with Crippen LogP contribution in [-0.2, 0) is 4.74 Å². The molecule has 4 nitrogen and oxygen atoms in total. The number of hydrogen-bond acceptors (Lipinski definition) is 3. The quantitative estimate of drug-likeness (QED) is 0.693. The summed E-state index contributed by atoms with van der Waals surface area (Å²) in [4.78, 5) is 13.6. The smallest absolute Gasteiger partial charge is 0.410 e. The molecule has 1 saturated heterocycles. The van der Waals surface area contributed by atoms with E-state index in [1.807, 2.05) is 33.8 Å². The Balaban J connectivity index is 2.58. The maximum Gasteiger partial charge on any atom is 0.410 e. The lowest BCUT2D eigenvalue weighted by molar-refractivity contribution is 0.0178. The van der Waals surface area contributed by atoms with Gasteiger partial charge in [-0.2, -0.15) is 0 Å². The molecule has 0 aliphatic carbocycles. The average Bonchev–Trinajstić information content (AvgIpc) is 2.14. The number of nitrogens with zero attached hydrogens (tertiary/aromatic N) is 1. The van der Waals surface area contributed by atoms with Crippen molar-refractivity contribution in [3.8, 4) is 0 Å². The predicted molar refractivity (Wildman–Crippen MR) is 64.4 cm³/mol. The molecule has 1 aliphatic rings. The van der Waals surface area contributed by atoms with Crippen LogP contribution in [0.1, 0.15) is 27.7 Å². The minimum atomic E-state index is -0.436. The van der Waals surface area contributed by atoms with Crippen LogP contribution in [0.5, 0.6) is 0 Å². The van der Waals surface area contributed by atoms with E-state index in [4.69, 9.17) is 4.74 Å². The van der Waals surface area contributed by atoms with Crippen molar-refractivity contribution in [1.82, 2.24) is 10.2 Å². The van der Waals surface area contributed by atoms with Gasteiger partial charge >= 0.3 is 6.09 Å². The van der Waals surface area contributed by atoms with Gasteiger partial charge in [0.05, 0.1) is 0 Å². The van der Waals surface area contributed by atoms with Gasteiger partial charge in [-0.1, -0.05) is 6.08 Å². The monoisotopic (exact) mass is 226 g/mol. The van der Waals surface area contributed by atoms with Crippen molar-refractivity contribution >= 4 is 6.09 Å². The van der Waals surface area contributed by atoms with Gasteiger partial charge in [-0.3, -0.25) is 0 Å². The second kappa shape index (κ2) is 4.87. The van der Waals surface area contributed by atoms with Crippen LogP contribution in [0.3, 0.4) is 0 Å². The minimum absolute atomic E-state index is 0.149. The van der Waals surface area contributed by atoms with E-state index < -0.39 is 5.60 Å². The van der Waals surface area contributed by atoms with Crippen molar-refractivity contribution in [2.24, 2.45) is 0 Å². The molecule has 92 valence electrons. The summed E-state index contributed by atoms with van der Waals surface area (Å²) in [6.07, 6.45) is 1.58. The molecule has 1 heterocycles. The Labute approximate surface area is 97.6 Å². The summed E-state index contributed by atoms with van der Waals surface area (Å²) >= 11 is 0. The third-order valence-electron chi connectivity index (χ3n) is 2.35. The fourth-order valence-electron chi connectivity index (χ4n) is 1.73. The first-order valence-corrected chi connectivity index (χ1v) is 5.68. The highest BCUT2D eigenvalue weighted by Gasteiger charge is 2.28.